The summed E-state index contributed by atoms with van der Waals surface area (Å²) in [6, 6.07) is 0. The number of ether oxygens (including phenoxy) is 6. The molecule has 0 spiro atoms. The summed E-state index contributed by atoms with van der Waals surface area (Å²) in [6.07, 6.45) is -7.78. The molecular formula is C32H44O13. The molecule has 9 atom stereocenters. The summed E-state index contributed by atoms with van der Waals surface area (Å²) >= 11 is 0. The van der Waals surface area contributed by atoms with Gasteiger partial charge in [0.25, 0.3) is 0 Å². The van der Waals surface area contributed by atoms with Gasteiger partial charge >= 0.3 is 35.8 Å². The van der Waals surface area contributed by atoms with Crippen LogP contribution < -0.4 is 0 Å². The molecule has 13 heteroatoms. The minimum absolute atomic E-state index is 0.119. The molecule has 0 aliphatic heterocycles. The summed E-state index contributed by atoms with van der Waals surface area (Å²) in [6.45, 7) is 17.5. The molecule has 0 heterocycles. The molecule has 0 radical (unpaired) electrons. The largest absolute Gasteiger partial charge is 0.462 e. The number of hydrogen-bond acceptors (Lipinski definition) is 13. The van der Waals surface area contributed by atoms with E-state index in [1.165, 1.54) is 41.5 Å². The lowest BCUT2D eigenvalue weighted by atomic mass is 9.54. The lowest BCUT2D eigenvalue weighted by Crippen LogP contribution is -2.64. The van der Waals surface area contributed by atoms with Crippen molar-refractivity contribution in [3.05, 3.63) is 23.3 Å². The second-order valence-electron chi connectivity index (χ2n) is 12.9. The highest BCUT2D eigenvalue weighted by atomic mass is 16.6. The second kappa shape index (κ2) is 12.6. The average molecular weight is 637 g/mol. The maximum absolute atomic E-state index is 13.0. The minimum atomic E-state index is -1.81. The molecule has 3 aliphatic rings. The Hall–Kier alpha value is -3.74. The molecule has 0 aromatic heterocycles. The SMILES string of the molecule is C=C1[C@@H](OC(C)=O)C[C@H](OC(C)=O)[C@@]2(C)[C@@H](OC(C)=O)[C@H](OC(C)=O)C3=C(C)[C@@H](OC(C)=O)C[C@@]3(C(C)(C)O)[C@@H](OC(C)=O)[C@H]12. The Morgan fingerprint density at radius 1 is 0.733 bits per heavy atom. The maximum Gasteiger partial charge on any atom is 0.303 e. The molecule has 0 unspecified atom stereocenters. The zero-order valence-corrected chi connectivity index (χ0v) is 27.5. The van der Waals surface area contributed by atoms with E-state index in [9.17, 15) is 33.9 Å². The van der Waals surface area contributed by atoms with Crippen molar-refractivity contribution in [1.29, 1.82) is 0 Å². The first-order chi connectivity index (χ1) is 20.6. The topological polar surface area (TPSA) is 178 Å². The van der Waals surface area contributed by atoms with Crippen molar-refractivity contribution in [2.24, 2.45) is 16.7 Å². The number of rotatable bonds is 7. The van der Waals surface area contributed by atoms with Crippen LogP contribution in [0.3, 0.4) is 0 Å². The first-order valence-corrected chi connectivity index (χ1v) is 14.7. The van der Waals surface area contributed by atoms with Gasteiger partial charge in [-0.25, -0.2) is 0 Å². The fourth-order valence-electron chi connectivity index (χ4n) is 7.84. The van der Waals surface area contributed by atoms with Crippen LogP contribution in [0.2, 0.25) is 0 Å². The molecule has 0 saturated heterocycles. The van der Waals surface area contributed by atoms with Crippen molar-refractivity contribution in [2.75, 3.05) is 0 Å². The van der Waals surface area contributed by atoms with Gasteiger partial charge < -0.3 is 33.5 Å². The van der Waals surface area contributed by atoms with E-state index in [4.69, 9.17) is 28.4 Å². The van der Waals surface area contributed by atoms with E-state index in [0.29, 0.717) is 5.57 Å². The van der Waals surface area contributed by atoms with Crippen LogP contribution in [0.15, 0.2) is 23.3 Å². The Labute approximate surface area is 262 Å². The van der Waals surface area contributed by atoms with Crippen molar-refractivity contribution in [3.8, 4) is 0 Å². The van der Waals surface area contributed by atoms with Gasteiger partial charge in [-0.05, 0) is 37.5 Å². The molecule has 0 bridgehead atoms. The van der Waals surface area contributed by atoms with Gasteiger partial charge in [-0.3, -0.25) is 28.8 Å². The second-order valence-corrected chi connectivity index (χ2v) is 12.9. The highest BCUT2D eigenvalue weighted by Crippen LogP contribution is 2.66. The van der Waals surface area contributed by atoms with Gasteiger partial charge in [-0.2, -0.15) is 0 Å². The Balaban J connectivity index is 2.62. The number of carbonyl (C=O) groups is 6. The molecule has 45 heavy (non-hydrogen) atoms. The van der Waals surface area contributed by atoms with E-state index in [1.54, 1.807) is 13.8 Å². The van der Waals surface area contributed by atoms with E-state index in [2.05, 4.69) is 6.58 Å². The van der Waals surface area contributed by atoms with E-state index in [1.807, 2.05) is 0 Å². The van der Waals surface area contributed by atoms with Gasteiger partial charge in [-0.1, -0.05) is 13.5 Å². The Bertz CT molecular complexity index is 1320. The minimum Gasteiger partial charge on any atom is -0.462 e. The highest BCUT2D eigenvalue weighted by Gasteiger charge is 2.74. The number of hydrogen-bond donors (Lipinski definition) is 1. The van der Waals surface area contributed by atoms with E-state index >= 15 is 0 Å². The van der Waals surface area contributed by atoms with Crippen molar-refractivity contribution < 1.29 is 62.3 Å². The Kier molecular flexibility index (Phi) is 9.98. The zero-order chi connectivity index (χ0) is 34.4. The molecular weight excluding hydrogens is 592 g/mol. The van der Waals surface area contributed by atoms with Crippen LogP contribution in [-0.4, -0.2) is 83.1 Å². The monoisotopic (exact) mass is 636 g/mol. The van der Waals surface area contributed by atoms with Crippen LogP contribution in [0.5, 0.6) is 0 Å². The van der Waals surface area contributed by atoms with Gasteiger partial charge in [-0.15, -0.1) is 0 Å². The third-order valence-corrected chi connectivity index (χ3v) is 9.36. The van der Waals surface area contributed by atoms with Gasteiger partial charge in [0.1, 0.15) is 24.4 Å². The Morgan fingerprint density at radius 2 is 1.18 bits per heavy atom. The average Bonchev–Trinajstić information content (AvgIpc) is 3.11. The van der Waals surface area contributed by atoms with Crippen LogP contribution in [0, 0.1) is 16.7 Å². The number of aliphatic hydroxyl groups is 1. The predicted octanol–water partition coefficient (Wildman–Crippen LogP) is 2.65. The summed E-state index contributed by atoms with van der Waals surface area (Å²) < 4.78 is 35.3. The fourth-order valence-corrected chi connectivity index (χ4v) is 7.84. The molecule has 3 rings (SSSR count). The van der Waals surface area contributed by atoms with Crippen LogP contribution in [-0.2, 0) is 57.2 Å². The quantitative estimate of drug-likeness (QED) is 0.245. The summed E-state index contributed by atoms with van der Waals surface area (Å²) in [5.41, 5.74) is -4.26. The lowest BCUT2D eigenvalue weighted by Gasteiger charge is -2.56. The van der Waals surface area contributed by atoms with Gasteiger partial charge in [0.2, 0.25) is 0 Å². The van der Waals surface area contributed by atoms with Crippen LogP contribution in [0.4, 0.5) is 0 Å². The molecule has 0 aromatic carbocycles. The summed E-state index contributed by atoms with van der Waals surface area (Å²) in [5.74, 6) is -5.50. The fraction of sp³-hybridized carbons (Fsp3) is 0.688. The van der Waals surface area contributed by atoms with E-state index < -0.39 is 94.8 Å². The first-order valence-electron chi connectivity index (χ1n) is 14.7. The van der Waals surface area contributed by atoms with E-state index in [0.717, 1.165) is 13.8 Å². The van der Waals surface area contributed by atoms with E-state index in [-0.39, 0.29) is 24.0 Å². The third kappa shape index (κ3) is 6.36. The van der Waals surface area contributed by atoms with Crippen LogP contribution >= 0.6 is 0 Å². The van der Waals surface area contributed by atoms with Gasteiger partial charge in [0, 0.05) is 60.3 Å². The standard InChI is InChI=1S/C32H44O13/c1-14-22(40-16(3)33)12-24(42-18(5)35)31(11)26(14)28(44-20(7)37)32(30(9,10)39)13-23(41-17(4)34)15(2)25(32)27(43-19(6)36)29(31)45-21(8)38/h22-24,26-29,39H,1,12-13H2,2-11H3/t22-,23-,24-,26-,27+,28-,29-,31+,32-/m0/s1. The number of carbonyl (C=O) groups excluding carboxylic acids is 6. The van der Waals surface area contributed by atoms with Crippen LogP contribution in [0.1, 0.15) is 82.1 Å². The van der Waals surface area contributed by atoms with Gasteiger partial charge in [0.15, 0.2) is 12.2 Å². The number of esters is 6. The lowest BCUT2D eigenvalue weighted by molar-refractivity contribution is -0.217. The van der Waals surface area contributed by atoms with Crippen molar-refractivity contribution in [3.63, 3.8) is 0 Å². The molecule has 13 nitrogen and oxygen atoms in total. The Morgan fingerprint density at radius 3 is 1.62 bits per heavy atom. The maximum atomic E-state index is 13.0. The normalized spacial score (nSPS) is 34.4. The predicted molar refractivity (Wildman–Crippen MR) is 155 cm³/mol. The molecule has 1 N–H and O–H groups in total. The zero-order valence-electron chi connectivity index (χ0n) is 27.5. The third-order valence-electron chi connectivity index (χ3n) is 9.36. The first kappa shape index (κ1) is 35.7. The van der Waals surface area contributed by atoms with Crippen molar-refractivity contribution in [2.45, 2.75) is 124 Å². The van der Waals surface area contributed by atoms with Gasteiger partial charge in [0.05, 0.1) is 16.4 Å². The molecule has 2 fully saturated rings. The molecule has 0 amide bonds. The molecule has 250 valence electrons. The van der Waals surface area contributed by atoms with Crippen LogP contribution in [0.25, 0.3) is 0 Å². The number of fused-ring (bicyclic) bond motifs is 2. The molecule has 2 saturated carbocycles. The summed E-state index contributed by atoms with van der Waals surface area (Å²) in [5, 5.41) is 12.2. The smallest absolute Gasteiger partial charge is 0.303 e. The van der Waals surface area contributed by atoms with Crippen molar-refractivity contribution >= 4 is 35.8 Å². The summed E-state index contributed by atoms with van der Waals surface area (Å²) in [4.78, 5) is 75.7. The van der Waals surface area contributed by atoms with Crippen molar-refractivity contribution in [1.82, 2.24) is 0 Å². The molecule has 0 aromatic rings. The summed E-state index contributed by atoms with van der Waals surface area (Å²) in [7, 11) is 0. The molecule has 3 aliphatic carbocycles. The highest BCUT2D eigenvalue weighted by molar-refractivity contribution is 5.71.